The second-order valence-corrected chi connectivity index (χ2v) is 6.39. The molecule has 0 aromatic rings. The second-order valence-electron chi connectivity index (χ2n) is 6.39. The van der Waals surface area contributed by atoms with Gasteiger partial charge in [-0.25, -0.2) is 0 Å². The molecular formula is C15H29BN2O2. The monoisotopic (exact) mass is 280 g/mol. The summed E-state index contributed by atoms with van der Waals surface area (Å²) in [6.45, 7) is 13.2. The van der Waals surface area contributed by atoms with Crippen LogP contribution >= 0.6 is 0 Å². The third kappa shape index (κ3) is 3.64. The molecule has 4 nitrogen and oxygen atoms in total. The van der Waals surface area contributed by atoms with Gasteiger partial charge in [-0.1, -0.05) is 6.92 Å². The molecule has 0 aromatic carbocycles. The van der Waals surface area contributed by atoms with E-state index in [4.69, 9.17) is 9.31 Å². The van der Waals surface area contributed by atoms with E-state index in [1.54, 1.807) is 0 Å². The van der Waals surface area contributed by atoms with Gasteiger partial charge in [0.15, 0.2) is 0 Å². The number of amidine groups is 1. The zero-order valence-corrected chi connectivity index (χ0v) is 14.3. The molecule has 0 amide bonds. The van der Waals surface area contributed by atoms with Crippen LogP contribution in [-0.4, -0.2) is 49.7 Å². The molecule has 0 bridgehead atoms. The topological polar surface area (TPSA) is 34.1 Å². The maximum Gasteiger partial charge on any atom is 0.490 e. The van der Waals surface area contributed by atoms with Gasteiger partial charge in [-0.2, -0.15) is 0 Å². The summed E-state index contributed by atoms with van der Waals surface area (Å²) in [7, 11) is 3.72. The van der Waals surface area contributed by atoms with Crippen molar-refractivity contribution in [2.45, 2.75) is 59.2 Å². The van der Waals surface area contributed by atoms with E-state index in [0.717, 1.165) is 24.3 Å². The molecule has 1 aliphatic rings. The molecule has 5 heteroatoms. The van der Waals surface area contributed by atoms with E-state index in [1.165, 1.54) is 0 Å². The number of hydrogen-bond acceptors (Lipinski definition) is 3. The molecule has 0 aliphatic carbocycles. The standard InChI is InChI=1S/C15H29BN2O2/c1-9-12(11-13(17-10-2)18(7)8)16-19-14(3,4)15(5,6)20-16/h11H,9-10H2,1-8H3/b12-11+,17-13?. The summed E-state index contributed by atoms with van der Waals surface area (Å²) in [6.07, 6.45) is 2.97. The van der Waals surface area contributed by atoms with Crippen LogP contribution in [0.2, 0.25) is 0 Å². The van der Waals surface area contributed by atoms with Gasteiger partial charge in [-0.15, -0.1) is 0 Å². The zero-order chi connectivity index (χ0) is 15.6. The lowest BCUT2D eigenvalue weighted by Crippen LogP contribution is -2.41. The minimum Gasteiger partial charge on any atom is -0.400 e. The number of aliphatic imine (C=N–C) groups is 1. The van der Waals surface area contributed by atoms with E-state index in [0.29, 0.717) is 0 Å². The number of rotatable bonds is 4. The van der Waals surface area contributed by atoms with Crippen LogP contribution < -0.4 is 0 Å². The normalized spacial score (nSPS) is 22.3. The molecule has 1 aliphatic heterocycles. The highest BCUT2D eigenvalue weighted by Gasteiger charge is 2.52. The lowest BCUT2D eigenvalue weighted by atomic mass is 9.76. The van der Waals surface area contributed by atoms with Crippen LogP contribution in [0.15, 0.2) is 16.5 Å². The molecule has 0 unspecified atom stereocenters. The largest absolute Gasteiger partial charge is 0.490 e. The predicted octanol–water partition coefficient (Wildman–Crippen LogP) is 2.93. The molecule has 1 saturated heterocycles. The van der Waals surface area contributed by atoms with Crippen molar-refractivity contribution in [1.82, 2.24) is 4.90 Å². The number of likely N-dealkylation sites (N-methyl/N-ethyl adjacent to an activating group) is 1. The lowest BCUT2D eigenvalue weighted by molar-refractivity contribution is 0.00578. The molecular weight excluding hydrogens is 251 g/mol. The van der Waals surface area contributed by atoms with Crippen LogP contribution in [0.4, 0.5) is 0 Å². The molecule has 0 N–H and O–H groups in total. The fourth-order valence-corrected chi connectivity index (χ4v) is 1.98. The van der Waals surface area contributed by atoms with Gasteiger partial charge in [0.2, 0.25) is 0 Å². The summed E-state index contributed by atoms with van der Waals surface area (Å²) in [5.74, 6) is 0.957. The molecule has 0 spiro atoms. The fourth-order valence-electron chi connectivity index (χ4n) is 1.98. The number of nitrogens with zero attached hydrogens (tertiary/aromatic N) is 2. The maximum absolute atomic E-state index is 6.11. The highest BCUT2D eigenvalue weighted by molar-refractivity contribution is 6.55. The molecule has 0 radical (unpaired) electrons. The summed E-state index contributed by atoms with van der Waals surface area (Å²) in [5, 5.41) is 0. The van der Waals surface area contributed by atoms with Gasteiger partial charge in [-0.3, -0.25) is 4.99 Å². The molecule has 1 fully saturated rings. The van der Waals surface area contributed by atoms with Crippen molar-refractivity contribution in [2.75, 3.05) is 20.6 Å². The van der Waals surface area contributed by atoms with Crippen LogP contribution in [0.25, 0.3) is 0 Å². The van der Waals surface area contributed by atoms with Gasteiger partial charge in [0, 0.05) is 20.6 Å². The van der Waals surface area contributed by atoms with E-state index in [1.807, 2.05) is 25.9 Å². The van der Waals surface area contributed by atoms with Crippen molar-refractivity contribution < 1.29 is 9.31 Å². The summed E-state index contributed by atoms with van der Waals surface area (Å²) < 4.78 is 12.2. The molecule has 0 atom stereocenters. The van der Waals surface area contributed by atoms with Crippen molar-refractivity contribution in [3.05, 3.63) is 11.5 Å². The van der Waals surface area contributed by atoms with Crippen LogP contribution in [0.3, 0.4) is 0 Å². The van der Waals surface area contributed by atoms with E-state index in [2.05, 4.69) is 45.7 Å². The van der Waals surface area contributed by atoms with Crippen molar-refractivity contribution in [3.63, 3.8) is 0 Å². The van der Waals surface area contributed by atoms with Gasteiger partial charge >= 0.3 is 7.12 Å². The van der Waals surface area contributed by atoms with Gasteiger partial charge in [0.1, 0.15) is 5.84 Å². The number of hydrogen-bond donors (Lipinski definition) is 0. The fraction of sp³-hybridized carbons (Fsp3) is 0.800. The van der Waals surface area contributed by atoms with Gasteiger partial charge < -0.3 is 14.2 Å². The smallest absolute Gasteiger partial charge is 0.400 e. The second kappa shape index (κ2) is 6.31. The van der Waals surface area contributed by atoms with E-state index in [-0.39, 0.29) is 18.3 Å². The predicted molar refractivity (Wildman–Crippen MR) is 86.1 cm³/mol. The van der Waals surface area contributed by atoms with Gasteiger partial charge in [0.05, 0.1) is 11.2 Å². The van der Waals surface area contributed by atoms with Crippen molar-refractivity contribution >= 4 is 13.0 Å². The molecule has 1 rings (SSSR count). The Bertz CT molecular complexity index is 385. The Morgan fingerprint density at radius 3 is 1.95 bits per heavy atom. The van der Waals surface area contributed by atoms with Gasteiger partial charge in [0.25, 0.3) is 0 Å². The Hall–Kier alpha value is -0.805. The first-order valence-corrected chi connectivity index (χ1v) is 7.42. The molecule has 1 heterocycles. The summed E-state index contributed by atoms with van der Waals surface area (Å²) in [6, 6.07) is 0. The lowest BCUT2D eigenvalue weighted by Gasteiger charge is -2.32. The Kier molecular flexibility index (Phi) is 5.44. The maximum atomic E-state index is 6.11. The van der Waals surface area contributed by atoms with Gasteiger partial charge in [-0.05, 0) is 52.6 Å². The van der Waals surface area contributed by atoms with Crippen LogP contribution in [0, 0.1) is 0 Å². The van der Waals surface area contributed by atoms with E-state index < -0.39 is 0 Å². The number of allylic oxidation sites excluding steroid dienone is 1. The average molecular weight is 280 g/mol. The van der Waals surface area contributed by atoms with E-state index >= 15 is 0 Å². The highest BCUT2D eigenvalue weighted by atomic mass is 16.7. The Morgan fingerprint density at radius 2 is 1.60 bits per heavy atom. The Balaban J connectivity index is 3.01. The first kappa shape index (κ1) is 17.2. The van der Waals surface area contributed by atoms with Crippen molar-refractivity contribution in [2.24, 2.45) is 4.99 Å². The highest BCUT2D eigenvalue weighted by Crippen LogP contribution is 2.38. The molecule has 20 heavy (non-hydrogen) atoms. The first-order chi connectivity index (χ1) is 9.14. The van der Waals surface area contributed by atoms with Crippen LogP contribution in [0.5, 0.6) is 0 Å². The molecule has 0 saturated carbocycles. The zero-order valence-electron chi connectivity index (χ0n) is 14.3. The third-order valence-corrected chi connectivity index (χ3v) is 4.06. The summed E-state index contributed by atoms with van der Waals surface area (Å²) >= 11 is 0. The quantitative estimate of drug-likeness (QED) is 0.451. The average Bonchev–Trinajstić information content (AvgIpc) is 2.53. The minimum atomic E-state index is -0.299. The summed E-state index contributed by atoms with van der Waals surface area (Å²) in [5.41, 5.74) is 0.530. The Labute approximate surface area is 124 Å². The first-order valence-electron chi connectivity index (χ1n) is 7.42. The Morgan fingerprint density at radius 1 is 1.10 bits per heavy atom. The van der Waals surface area contributed by atoms with Crippen molar-refractivity contribution in [3.8, 4) is 0 Å². The minimum absolute atomic E-state index is 0.285. The SMILES string of the molecule is CCN=C(/C=C(\CC)B1OC(C)(C)C(C)(C)O1)N(C)C. The van der Waals surface area contributed by atoms with E-state index in [9.17, 15) is 0 Å². The molecule has 114 valence electrons. The van der Waals surface area contributed by atoms with Crippen LogP contribution in [0.1, 0.15) is 48.0 Å². The van der Waals surface area contributed by atoms with Crippen molar-refractivity contribution in [1.29, 1.82) is 0 Å². The van der Waals surface area contributed by atoms with Crippen LogP contribution in [-0.2, 0) is 9.31 Å². The third-order valence-electron chi connectivity index (χ3n) is 4.06. The molecule has 0 aromatic heterocycles. The summed E-state index contributed by atoms with van der Waals surface area (Å²) in [4.78, 5) is 6.53.